The maximum absolute atomic E-state index is 11.6. The van der Waals surface area contributed by atoms with Crippen molar-refractivity contribution in [1.82, 2.24) is 4.98 Å². The lowest BCUT2D eigenvalue weighted by Gasteiger charge is -2.41. The molecular weight excluding hydrogens is 262 g/mol. The van der Waals surface area contributed by atoms with E-state index >= 15 is 0 Å². The summed E-state index contributed by atoms with van der Waals surface area (Å²) in [5.41, 5.74) is 0.427. The molecule has 1 spiro atoms. The molecule has 0 aliphatic carbocycles. The molecule has 6 heteroatoms. The van der Waals surface area contributed by atoms with E-state index in [0.29, 0.717) is 23.4 Å². The molecule has 6 nitrogen and oxygen atoms in total. The Morgan fingerprint density at radius 1 is 1.35 bits per heavy atom. The smallest absolute Gasteiger partial charge is 0.339 e. The molecule has 1 aromatic rings. The van der Waals surface area contributed by atoms with Crippen LogP contribution in [0.15, 0.2) is 24.8 Å². The van der Waals surface area contributed by atoms with Crippen LogP contribution >= 0.6 is 0 Å². The van der Waals surface area contributed by atoms with E-state index in [1.54, 1.807) is 6.07 Å². The fourth-order valence-corrected chi connectivity index (χ4v) is 2.50. The number of fused-ring (bicyclic) bond motifs is 2. The molecule has 3 heterocycles. The van der Waals surface area contributed by atoms with Crippen LogP contribution in [0.3, 0.4) is 0 Å². The van der Waals surface area contributed by atoms with Gasteiger partial charge in [0, 0.05) is 6.20 Å². The van der Waals surface area contributed by atoms with Gasteiger partial charge in [0.2, 0.25) is 5.88 Å². The Hall–Kier alpha value is -2.24. The summed E-state index contributed by atoms with van der Waals surface area (Å²) in [6.07, 6.45) is 4.86. The summed E-state index contributed by atoms with van der Waals surface area (Å²) in [5.74, 6) is -1.06. The van der Waals surface area contributed by atoms with Gasteiger partial charge in [0.05, 0.1) is 24.7 Å². The minimum absolute atomic E-state index is 0.327. The number of aromatic nitrogens is 1. The van der Waals surface area contributed by atoms with E-state index in [1.807, 2.05) is 13.8 Å². The van der Waals surface area contributed by atoms with Crippen molar-refractivity contribution in [2.45, 2.75) is 31.7 Å². The first-order chi connectivity index (χ1) is 9.46. The van der Waals surface area contributed by atoms with Crippen LogP contribution in [0.2, 0.25) is 0 Å². The quantitative estimate of drug-likeness (QED) is 0.732. The monoisotopic (exact) mass is 277 g/mol. The predicted molar refractivity (Wildman–Crippen MR) is 67.9 cm³/mol. The number of rotatable bonds is 1. The van der Waals surface area contributed by atoms with E-state index in [2.05, 4.69) is 4.98 Å². The van der Waals surface area contributed by atoms with E-state index in [4.69, 9.17) is 18.9 Å². The number of methoxy groups -OCH3 is 1. The maximum Gasteiger partial charge on any atom is 0.339 e. The van der Waals surface area contributed by atoms with Crippen molar-refractivity contribution < 1.29 is 23.7 Å². The van der Waals surface area contributed by atoms with Crippen molar-refractivity contribution in [3.8, 4) is 5.88 Å². The molecule has 2 aliphatic rings. The second-order valence-electron chi connectivity index (χ2n) is 5.37. The van der Waals surface area contributed by atoms with Crippen LogP contribution in [0, 0.1) is 0 Å². The van der Waals surface area contributed by atoms with Gasteiger partial charge in [0.25, 0.3) is 5.79 Å². The van der Waals surface area contributed by atoms with Gasteiger partial charge in [-0.2, -0.15) is 0 Å². The van der Waals surface area contributed by atoms with Gasteiger partial charge in [0.1, 0.15) is 18.1 Å². The third kappa shape index (κ3) is 1.88. The zero-order valence-electron chi connectivity index (χ0n) is 11.5. The van der Waals surface area contributed by atoms with Crippen LogP contribution in [-0.2, 0) is 20.0 Å². The van der Waals surface area contributed by atoms with E-state index in [0.717, 1.165) is 0 Å². The Labute approximate surface area is 116 Å². The third-order valence-electron chi connectivity index (χ3n) is 3.29. The predicted octanol–water partition coefficient (Wildman–Crippen LogP) is 2.10. The van der Waals surface area contributed by atoms with Gasteiger partial charge >= 0.3 is 5.97 Å². The van der Waals surface area contributed by atoms with Crippen molar-refractivity contribution >= 4 is 5.97 Å². The Balaban J connectivity index is 2.11. The highest BCUT2D eigenvalue weighted by Gasteiger charge is 2.51. The molecule has 0 bridgehead atoms. The summed E-state index contributed by atoms with van der Waals surface area (Å²) in [4.78, 5) is 15.8. The third-order valence-corrected chi connectivity index (χ3v) is 3.29. The molecule has 0 N–H and O–H groups in total. The average molecular weight is 277 g/mol. The van der Waals surface area contributed by atoms with Gasteiger partial charge in [-0.1, -0.05) is 0 Å². The Kier molecular flexibility index (Phi) is 2.64. The summed E-state index contributed by atoms with van der Waals surface area (Å²) in [6, 6.07) is 1.64. The summed E-state index contributed by atoms with van der Waals surface area (Å²) < 4.78 is 21.8. The fraction of sp³-hybridized carbons (Fsp3) is 0.429. The molecule has 0 atom stereocenters. The standard InChI is InChI=1S/C14H15NO5/c1-13(2)8-14(18-4-5-19-14)10-6-9(12(16)17-3)7-15-11(10)20-13/h4-7H,8H2,1-3H3. The van der Waals surface area contributed by atoms with Crippen LogP contribution in [0.5, 0.6) is 5.88 Å². The van der Waals surface area contributed by atoms with E-state index in [-0.39, 0.29) is 0 Å². The number of ether oxygens (including phenoxy) is 4. The maximum atomic E-state index is 11.6. The fourth-order valence-electron chi connectivity index (χ4n) is 2.50. The number of hydrogen-bond donors (Lipinski definition) is 0. The number of esters is 1. The number of hydrogen-bond acceptors (Lipinski definition) is 6. The summed E-state index contributed by atoms with van der Waals surface area (Å²) >= 11 is 0. The molecule has 0 saturated heterocycles. The van der Waals surface area contributed by atoms with E-state index in [9.17, 15) is 4.79 Å². The molecule has 0 radical (unpaired) electrons. The lowest BCUT2D eigenvalue weighted by atomic mass is 9.89. The molecule has 106 valence electrons. The SMILES string of the molecule is COC(=O)c1cnc2c(c1)C1(CC(C)(C)O2)OC=CO1. The van der Waals surface area contributed by atoms with Crippen molar-refractivity contribution in [3.63, 3.8) is 0 Å². The second-order valence-corrected chi connectivity index (χ2v) is 5.37. The molecule has 0 amide bonds. The van der Waals surface area contributed by atoms with Crippen LogP contribution in [0.4, 0.5) is 0 Å². The Morgan fingerprint density at radius 2 is 2.05 bits per heavy atom. The molecule has 20 heavy (non-hydrogen) atoms. The van der Waals surface area contributed by atoms with Crippen molar-refractivity contribution in [2.24, 2.45) is 0 Å². The normalized spacial score (nSPS) is 20.6. The highest BCUT2D eigenvalue weighted by Crippen LogP contribution is 2.47. The number of nitrogens with zero attached hydrogens (tertiary/aromatic N) is 1. The highest BCUT2D eigenvalue weighted by atomic mass is 16.7. The highest BCUT2D eigenvalue weighted by molar-refractivity contribution is 5.89. The van der Waals surface area contributed by atoms with Crippen LogP contribution in [-0.4, -0.2) is 23.7 Å². The Bertz CT molecular complexity index is 585. The number of pyridine rings is 1. The summed E-state index contributed by atoms with van der Waals surface area (Å²) in [6.45, 7) is 3.86. The molecule has 0 unspecified atom stereocenters. The van der Waals surface area contributed by atoms with Gasteiger partial charge in [-0.3, -0.25) is 0 Å². The van der Waals surface area contributed by atoms with Crippen molar-refractivity contribution in [1.29, 1.82) is 0 Å². The number of carbonyl (C=O) groups is 1. The average Bonchev–Trinajstić information content (AvgIpc) is 2.85. The van der Waals surface area contributed by atoms with E-state index in [1.165, 1.54) is 25.8 Å². The molecule has 0 saturated carbocycles. The topological polar surface area (TPSA) is 66.9 Å². The molecule has 0 aromatic carbocycles. The van der Waals surface area contributed by atoms with Gasteiger partial charge in [-0.15, -0.1) is 0 Å². The molecular formula is C14H15NO5. The summed E-state index contributed by atoms with van der Waals surface area (Å²) in [7, 11) is 1.32. The first-order valence-corrected chi connectivity index (χ1v) is 6.24. The Morgan fingerprint density at radius 3 is 2.70 bits per heavy atom. The van der Waals surface area contributed by atoms with Gasteiger partial charge in [0.15, 0.2) is 0 Å². The molecule has 0 fully saturated rings. The van der Waals surface area contributed by atoms with Crippen molar-refractivity contribution in [2.75, 3.05) is 7.11 Å². The molecule has 3 rings (SSSR count). The van der Waals surface area contributed by atoms with Crippen LogP contribution in [0.1, 0.15) is 36.2 Å². The lowest BCUT2D eigenvalue weighted by Crippen LogP contribution is -2.45. The first-order valence-electron chi connectivity index (χ1n) is 6.24. The van der Waals surface area contributed by atoms with Crippen molar-refractivity contribution in [3.05, 3.63) is 35.9 Å². The zero-order chi connectivity index (χ0) is 14.4. The zero-order valence-corrected chi connectivity index (χ0v) is 11.5. The van der Waals surface area contributed by atoms with Crippen LogP contribution < -0.4 is 4.74 Å². The van der Waals surface area contributed by atoms with E-state index < -0.39 is 17.4 Å². The van der Waals surface area contributed by atoms with Gasteiger partial charge in [-0.05, 0) is 19.9 Å². The number of carbonyl (C=O) groups excluding carboxylic acids is 1. The lowest BCUT2D eigenvalue weighted by molar-refractivity contribution is -0.196. The molecule has 1 aromatic heterocycles. The first kappa shape index (κ1) is 12.8. The minimum Gasteiger partial charge on any atom is -0.471 e. The van der Waals surface area contributed by atoms with Gasteiger partial charge in [-0.25, -0.2) is 9.78 Å². The largest absolute Gasteiger partial charge is 0.471 e. The summed E-state index contributed by atoms with van der Waals surface area (Å²) in [5, 5.41) is 0. The molecule has 2 aliphatic heterocycles. The van der Waals surface area contributed by atoms with Gasteiger partial charge < -0.3 is 18.9 Å². The minimum atomic E-state index is -0.992. The second kappa shape index (κ2) is 4.13. The van der Waals surface area contributed by atoms with Crippen LogP contribution in [0.25, 0.3) is 0 Å².